The second-order valence-electron chi connectivity index (χ2n) is 17.6. The highest BCUT2D eigenvalue weighted by Gasteiger charge is 2.45. The van der Waals surface area contributed by atoms with Gasteiger partial charge in [-0.25, -0.2) is 9.50 Å². The van der Waals surface area contributed by atoms with Crippen LogP contribution in [0, 0.1) is 18.8 Å². The van der Waals surface area contributed by atoms with E-state index in [2.05, 4.69) is 62.8 Å². The largest absolute Gasteiger partial charge is 0.416 e. The quantitative estimate of drug-likeness (QED) is 0.0458. The number of hydrogen-bond donors (Lipinski definition) is 2. The van der Waals surface area contributed by atoms with E-state index in [-0.39, 0.29) is 30.2 Å². The number of allylic oxidation sites excluding steroid dienone is 1. The van der Waals surface area contributed by atoms with E-state index in [9.17, 15) is 32.3 Å². The number of imidazole rings is 1. The third kappa shape index (κ3) is 11.9. The maximum atomic E-state index is 14.0. The Hall–Kier alpha value is -6.63. The Labute approximate surface area is 396 Å². The minimum absolute atomic E-state index is 0.133. The van der Waals surface area contributed by atoms with Crippen LogP contribution >= 0.6 is 0 Å². The molecule has 1 atom stereocenters. The summed E-state index contributed by atoms with van der Waals surface area (Å²) in [6.45, 7) is 15.0. The summed E-state index contributed by atoms with van der Waals surface area (Å²) in [5.74, 6) is 4.75. The van der Waals surface area contributed by atoms with E-state index in [1.807, 2.05) is 19.1 Å². The van der Waals surface area contributed by atoms with E-state index in [4.69, 9.17) is 0 Å². The van der Waals surface area contributed by atoms with E-state index < -0.39 is 29.6 Å². The number of Topliss-reactive ketones (excluding diaryl/α,β-unsaturated/α-hetero) is 1. The van der Waals surface area contributed by atoms with Gasteiger partial charge in [0.2, 0.25) is 5.91 Å². The number of alkyl halides is 3. The van der Waals surface area contributed by atoms with Crippen LogP contribution in [0.15, 0.2) is 91.4 Å². The zero-order chi connectivity index (χ0) is 48.4. The number of nitrogens with zero attached hydrogens (tertiary/aromatic N) is 6. The molecule has 2 aromatic heterocycles. The van der Waals surface area contributed by atoms with Crippen molar-refractivity contribution in [1.82, 2.24) is 34.6 Å². The summed E-state index contributed by atoms with van der Waals surface area (Å²) >= 11 is 0. The average Bonchev–Trinajstić information content (AvgIpc) is 3.86. The lowest BCUT2D eigenvalue weighted by molar-refractivity contribution is -0.138. The molecule has 0 aliphatic carbocycles. The van der Waals surface area contributed by atoms with E-state index in [1.165, 1.54) is 31.7 Å². The zero-order valence-corrected chi connectivity index (χ0v) is 39.1. The van der Waals surface area contributed by atoms with Gasteiger partial charge in [0, 0.05) is 74.4 Å². The summed E-state index contributed by atoms with van der Waals surface area (Å²) in [6.07, 6.45) is 6.77. The fourth-order valence-corrected chi connectivity index (χ4v) is 8.77. The smallest absolute Gasteiger partial charge is 0.384 e. The monoisotopic (exact) mass is 928 g/mol. The molecule has 2 saturated heterocycles. The Morgan fingerprint density at radius 2 is 1.66 bits per heavy atom. The Balaban J connectivity index is 0.000000215. The summed E-state index contributed by atoms with van der Waals surface area (Å²) in [4.78, 5) is 61.0. The van der Waals surface area contributed by atoms with Crippen molar-refractivity contribution in [3.05, 3.63) is 142 Å². The number of anilines is 1. The maximum absolute atomic E-state index is 14.0. The second kappa shape index (κ2) is 22.4. The molecule has 3 aliphatic rings. The van der Waals surface area contributed by atoms with Gasteiger partial charge in [-0.15, -0.1) is 0 Å². The Kier molecular flexibility index (Phi) is 16.3. The first-order valence-electron chi connectivity index (χ1n) is 23.6. The molecule has 12 nitrogen and oxygen atoms in total. The molecule has 0 saturated carbocycles. The number of amides is 3. The third-order valence-electron chi connectivity index (χ3n) is 12.7. The number of ketones is 1. The van der Waals surface area contributed by atoms with E-state index in [1.54, 1.807) is 59.4 Å². The standard InChI is InChI=1S/C31H30F3N5O.C22H29N3O3/c1-3-37-13-15-38(16-14-37)21-26-9-7-23(17-28(26)31(32,33)34)18-29(40)25-8-6-22(2)24(19-25)10-11-27-20-35-30-5-4-12-36-39(27)30;1-3-4-5-6-7-8-14-23-17-11-9-10-16-19(17)22(28)25(21(16)27)18-13-12-15(2)24-20(18)26/h4-9,12,17,19-20H,3,13-16,18,21H2,1-2H3;9-11,18,23H,2-8,12-14H2,1H3,(H,24,26). The number of likely N-dealkylation sites (N-methyl/N-ethyl adjacent to an activating group) is 1. The Bertz CT molecular complexity index is 2730. The Morgan fingerprint density at radius 1 is 0.897 bits per heavy atom. The summed E-state index contributed by atoms with van der Waals surface area (Å²) < 4.78 is 43.7. The molecule has 0 radical (unpaired) electrons. The second-order valence-corrected chi connectivity index (χ2v) is 17.6. The highest BCUT2D eigenvalue weighted by molar-refractivity contribution is 6.25. The van der Waals surface area contributed by atoms with Crippen LogP contribution in [0.3, 0.4) is 0 Å². The zero-order valence-electron chi connectivity index (χ0n) is 39.1. The lowest BCUT2D eigenvalue weighted by Crippen LogP contribution is -2.51. The van der Waals surface area contributed by atoms with Gasteiger partial charge in [-0.3, -0.25) is 29.0 Å². The minimum atomic E-state index is -4.50. The van der Waals surface area contributed by atoms with Gasteiger partial charge >= 0.3 is 6.18 Å². The number of benzene rings is 3. The number of fused-ring (bicyclic) bond motifs is 2. The fourth-order valence-electron chi connectivity index (χ4n) is 8.77. The van der Waals surface area contributed by atoms with Crippen LogP contribution in [0.25, 0.3) is 5.65 Å². The normalized spacial score (nSPS) is 16.5. The molecule has 356 valence electrons. The molecule has 1 unspecified atom stereocenters. The number of halogens is 3. The average molecular weight is 929 g/mol. The first kappa shape index (κ1) is 49.3. The number of nitrogens with one attached hydrogen (secondary N) is 2. The minimum Gasteiger partial charge on any atom is -0.384 e. The van der Waals surface area contributed by atoms with Crippen LogP contribution in [0.2, 0.25) is 0 Å². The van der Waals surface area contributed by atoms with Crippen LogP contribution in [0.5, 0.6) is 0 Å². The summed E-state index contributed by atoms with van der Waals surface area (Å²) in [5, 5.41) is 10.2. The number of carbonyl (C=O) groups is 4. The molecule has 2 fully saturated rings. The SMILES string of the molecule is C=C1CCC(N2C(=O)c3cccc(NCCCCCCCC)c3C2=O)C(=O)N1.CCN1CCN(Cc2ccc(CC(=O)c3ccc(C)c(C#Cc4cnc5cccnn45)c3)cc2C(F)(F)F)CC1. The molecule has 3 aromatic carbocycles. The summed E-state index contributed by atoms with van der Waals surface area (Å²) in [7, 11) is 0. The Morgan fingerprint density at radius 3 is 2.41 bits per heavy atom. The topological polar surface area (TPSA) is 132 Å². The lowest BCUT2D eigenvalue weighted by atomic mass is 9.96. The number of imide groups is 1. The number of piperazine rings is 1. The maximum Gasteiger partial charge on any atom is 0.416 e. The first-order valence-corrected chi connectivity index (χ1v) is 23.6. The molecule has 5 aromatic rings. The molecule has 8 rings (SSSR count). The molecular weight excluding hydrogens is 870 g/mol. The molecule has 0 bridgehead atoms. The van der Waals surface area contributed by atoms with Crippen LogP contribution in [-0.4, -0.2) is 98.1 Å². The highest BCUT2D eigenvalue weighted by Crippen LogP contribution is 2.35. The fraction of sp³-hybridized carbons (Fsp3) is 0.396. The van der Waals surface area contributed by atoms with Gasteiger partial charge in [0.1, 0.15) is 11.7 Å². The number of rotatable bonds is 15. The highest BCUT2D eigenvalue weighted by atomic mass is 19.4. The van der Waals surface area contributed by atoms with E-state index >= 15 is 0 Å². The van der Waals surface area contributed by atoms with Crippen LogP contribution in [0.1, 0.15) is 130 Å². The molecule has 2 N–H and O–H groups in total. The molecule has 0 spiro atoms. The first-order chi connectivity index (χ1) is 32.7. The number of piperidine rings is 1. The number of unbranched alkanes of at least 4 members (excludes halogenated alkanes) is 5. The van der Waals surface area contributed by atoms with Crippen molar-refractivity contribution in [3.63, 3.8) is 0 Å². The summed E-state index contributed by atoms with van der Waals surface area (Å²) in [6, 6.07) is 17.6. The van der Waals surface area contributed by atoms with Crippen molar-refractivity contribution >= 4 is 34.8 Å². The molecular formula is C53H59F3N8O4. The number of aryl methyl sites for hydroxylation is 1. The van der Waals surface area contributed by atoms with Gasteiger partial charge < -0.3 is 15.5 Å². The van der Waals surface area contributed by atoms with Gasteiger partial charge in [0.05, 0.1) is 22.9 Å². The van der Waals surface area contributed by atoms with Crippen LogP contribution in [0.4, 0.5) is 18.9 Å². The van der Waals surface area contributed by atoms with Crippen molar-refractivity contribution in [1.29, 1.82) is 0 Å². The predicted molar refractivity (Wildman–Crippen MR) is 256 cm³/mol. The molecule has 3 amide bonds. The molecule has 5 heterocycles. The molecule has 15 heteroatoms. The molecule has 3 aliphatic heterocycles. The van der Waals surface area contributed by atoms with Gasteiger partial charge in [0.25, 0.3) is 11.8 Å². The van der Waals surface area contributed by atoms with Crippen molar-refractivity contribution in [2.75, 3.05) is 44.6 Å². The number of aromatic nitrogens is 3. The predicted octanol–water partition coefficient (Wildman–Crippen LogP) is 8.87. The third-order valence-corrected chi connectivity index (χ3v) is 12.7. The van der Waals surface area contributed by atoms with E-state index in [0.717, 1.165) is 68.6 Å². The van der Waals surface area contributed by atoms with Crippen LogP contribution in [-0.2, 0) is 23.9 Å². The van der Waals surface area contributed by atoms with Crippen molar-refractivity contribution in [2.45, 2.75) is 97.3 Å². The van der Waals surface area contributed by atoms with Gasteiger partial charge in [-0.2, -0.15) is 18.3 Å². The van der Waals surface area contributed by atoms with Crippen molar-refractivity contribution in [3.8, 4) is 11.8 Å². The van der Waals surface area contributed by atoms with Crippen molar-refractivity contribution in [2.24, 2.45) is 0 Å². The van der Waals surface area contributed by atoms with Gasteiger partial charge in [0.15, 0.2) is 11.4 Å². The lowest BCUT2D eigenvalue weighted by Gasteiger charge is -2.34. The van der Waals surface area contributed by atoms with E-state index in [0.29, 0.717) is 63.4 Å². The summed E-state index contributed by atoms with van der Waals surface area (Å²) in [5.41, 5.74) is 5.18. The van der Waals surface area contributed by atoms with Gasteiger partial charge in [-0.05, 0) is 91.7 Å². The van der Waals surface area contributed by atoms with Crippen molar-refractivity contribution < 1.29 is 32.3 Å². The van der Waals surface area contributed by atoms with Gasteiger partial charge in [-0.1, -0.05) is 88.8 Å². The number of carbonyl (C=O) groups excluding carboxylic acids is 4. The number of hydrogen-bond acceptors (Lipinski definition) is 9. The van der Waals surface area contributed by atoms with Crippen LogP contribution < -0.4 is 10.6 Å². The molecule has 68 heavy (non-hydrogen) atoms.